The van der Waals surface area contributed by atoms with Crippen LogP contribution in [0.25, 0.3) is 5.57 Å². The van der Waals surface area contributed by atoms with Crippen molar-refractivity contribution in [3.63, 3.8) is 0 Å². The Balaban J connectivity index is 2.09. The molecule has 2 aromatic rings. The molecule has 0 radical (unpaired) electrons. The summed E-state index contributed by atoms with van der Waals surface area (Å²) in [7, 11) is 0. The number of carbonyl (C=O) groups is 2. The van der Waals surface area contributed by atoms with Crippen LogP contribution in [0.5, 0.6) is 0 Å². The number of rotatable bonds is 1. The number of fused-ring (bicyclic) bond motifs is 2. The molecule has 4 rings (SSSR count). The van der Waals surface area contributed by atoms with Gasteiger partial charge in [0, 0.05) is 23.8 Å². The number of halogens is 3. The summed E-state index contributed by atoms with van der Waals surface area (Å²) in [5.74, 6) is -0.935. The molecule has 2 nitrogen and oxygen atoms in total. The summed E-state index contributed by atoms with van der Waals surface area (Å²) in [5, 5.41) is 0. The molecule has 2 aliphatic carbocycles. The fourth-order valence-electron chi connectivity index (χ4n) is 4.49. The Morgan fingerprint density at radius 3 is 2.04 bits per heavy atom. The van der Waals surface area contributed by atoms with Crippen molar-refractivity contribution in [1.82, 2.24) is 0 Å². The van der Waals surface area contributed by atoms with Crippen molar-refractivity contribution >= 4 is 17.1 Å². The monoisotopic (exact) mass is 370 g/mol. The smallest absolute Gasteiger partial charge is 0.300 e. The number of hydrogen-bond acceptors (Lipinski definition) is 2. The van der Waals surface area contributed by atoms with Crippen LogP contribution in [-0.2, 0) is 10.2 Å². The minimum absolute atomic E-state index is 0.0202. The maximum absolute atomic E-state index is 14.1. The summed E-state index contributed by atoms with van der Waals surface area (Å²) in [6.45, 7) is 0. The number of benzene rings is 2. The van der Waals surface area contributed by atoms with Gasteiger partial charge in [-0.15, -0.1) is 0 Å². The van der Waals surface area contributed by atoms with Crippen LogP contribution in [0.1, 0.15) is 47.2 Å². The van der Waals surface area contributed by atoms with Gasteiger partial charge in [-0.05, 0) is 29.5 Å². The largest absolute Gasteiger partial charge is 0.420 e. The highest BCUT2D eigenvalue weighted by molar-refractivity contribution is 6.18. The van der Waals surface area contributed by atoms with Crippen LogP contribution in [0.2, 0.25) is 0 Å². The molecule has 1 fully saturated rings. The maximum atomic E-state index is 14.1. The highest BCUT2D eigenvalue weighted by Gasteiger charge is 2.53. The van der Waals surface area contributed by atoms with Gasteiger partial charge >= 0.3 is 6.18 Å². The number of Topliss-reactive ketones (excluding diaryl/α,β-unsaturated/α-hetero) is 2. The molecule has 2 aromatic carbocycles. The van der Waals surface area contributed by atoms with E-state index in [4.69, 9.17) is 0 Å². The Morgan fingerprint density at radius 2 is 1.41 bits per heavy atom. The summed E-state index contributed by atoms with van der Waals surface area (Å²) < 4.78 is 42.3. The van der Waals surface area contributed by atoms with Gasteiger partial charge in [0.15, 0.2) is 5.78 Å². The molecule has 0 amide bonds. The zero-order valence-electron chi connectivity index (χ0n) is 14.5. The van der Waals surface area contributed by atoms with E-state index in [0.29, 0.717) is 11.1 Å². The molecule has 0 N–H and O–H groups in total. The second-order valence-electron chi connectivity index (χ2n) is 7.11. The molecule has 0 heterocycles. The normalized spacial score (nSPS) is 19.4. The minimum Gasteiger partial charge on any atom is -0.300 e. The van der Waals surface area contributed by atoms with E-state index in [1.165, 1.54) is 6.07 Å². The second kappa shape index (κ2) is 6.19. The number of allylic oxidation sites excluding steroid dienone is 2. The summed E-state index contributed by atoms with van der Waals surface area (Å²) >= 11 is 0. The molecular weight excluding hydrogens is 353 g/mol. The molecule has 27 heavy (non-hydrogen) atoms. The van der Waals surface area contributed by atoms with Gasteiger partial charge in [-0.25, -0.2) is 0 Å². The highest BCUT2D eigenvalue weighted by Crippen LogP contribution is 2.55. The first-order chi connectivity index (χ1) is 12.8. The lowest BCUT2D eigenvalue weighted by Crippen LogP contribution is -2.41. The molecule has 0 saturated heterocycles. The lowest BCUT2D eigenvalue weighted by atomic mass is 9.58. The predicted molar refractivity (Wildman–Crippen MR) is 95.3 cm³/mol. The number of alkyl halides is 3. The second-order valence-corrected chi connectivity index (χ2v) is 7.11. The average molecular weight is 370 g/mol. The van der Waals surface area contributed by atoms with Gasteiger partial charge in [-0.2, -0.15) is 13.2 Å². The van der Waals surface area contributed by atoms with E-state index >= 15 is 0 Å². The SMILES string of the molecule is O=C1CCC2(CC1)C(c1ccccc1)=C(C(F)(F)F)C(=O)c1ccccc12. The van der Waals surface area contributed by atoms with Crippen LogP contribution in [0.3, 0.4) is 0 Å². The Labute approximate surface area is 154 Å². The molecular formula is C22H17F3O2. The van der Waals surface area contributed by atoms with Crippen LogP contribution in [0.4, 0.5) is 13.2 Å². The summed E-state index contributed by atoms with van der Waals surface area (Å²) in [5.41, 5.74) is -0.964. The van der Waals surface area contributed by atoms with E-state index in [0.717, 1.165) is 0 Å². The molecule has 5 heteroatoms. The first-order valence-electron chi connectivity index (χ1n) is 8.88. The standard InChI is InChI=1S/C22H17F3O2/c23-22(24,25)19-18(14-6-2-1-3-7-14)21(12-10-15(26)11-13-21)17-9-5-4-8-16(17)20(19)27/h1-9H,10-13H2. The average Bonchev–Trinajstić information content (AvgIpc) is 2.66. The topological polar surface area (TPSA) is 34.1 Å². The maximum Gasteiger partial charge on any atom is 0.420 e. The van der Waals surface area contributed by atoms with Gasteiger partial charge in [-0.1, -0.05) is 54.6 Å². The van der Waals surface area contributed by atoms with Crippen molar-refractivity contribution in [3.05, 3.63) is 76.9 Å². The third-order valence-electron chi connectivity index (χ3n) is 5.65. The first-order valence-corrected chi connectivity index (χ1v) is 8.88. The van der Waals surface area contributed by atoms with Crippen molar-refractivity contribution < 1.29 is 22.8 Å². The molecule has 0 atom stereocenters. The van der Waals surface area contributed by atoms with Crippen LogP contribution < -0.4 is 0 Å². The molecule has 1 spiro atoms. The molecule has 2 aliphatic rings. The Bertz CT molecular complexity index is 945. The highest BCUT2D eigenvalue weighted by atomic mass is 19.4. The summed E-state index contributed by atoms with van der Waals surface area (Å²) in [4.78, 5) is 24.8. The van der Waals surface area contributed by atoms with Gasteiger partial charge in [-0.3, -0.25) is 9.59 Å². The van der Waals surface area contributed by atoms with Crippen molar-refractivity contribution in [3.8, 4) is 0 Å². The summed E-state index contributed by atoms with van der Waals surface area (Å²) in [6, 6.07) is 14.8. The number of hydrogen-bond donors (Lipinski definition) is 0. The van der Waals surface area contributed by atoms with Crippen molar-refractivity contribution in [2.45, 2.75) is 37.3 Å². The van der Waals surface area contributed by atoms with Crippen LogP contribution in [-0.4, -0.2) is 17.7 Å². The van der Waals surface area contributed by atoms with Gasteiger partial charge < -0.3 is 0 Å². The van der Waals surface area contributed by atoms with Crippen LogP contribution in [0.15, 0.2) is 60.2 Å². The molecule has 0 unspecified atom stereocenters. The fourth-order valence-corrected chi connectivity index (χ4v) is 4.49. The zero-order valence-corrected chi connectivity index (χ0v) is 14.5. The Hall–Kier alpha value is -2.69. The third kappa shape index (κ3) is 2.73. The van der Waals surface area contributed by atoms with Crippen LogP contribution >= 0.6 is 0 Å². The van der Waals surface area contributed by atoms with E-state index in [9.17, 15) is 22.8 Å². The predicted octanol–water partition coefficient (Wildman–Crippen LogP) is 5.28. The summed E-state index contributed by atoms with van der Waals surface area (Å²) in [6.07, 6.45) is -3.79. The minimum atomic E-state index is -4.77. The zero-order chi connectivity index (χ0) is 19.2. The molecule has 0 aliphatic heterocycles. The Kier molecular flexibility index (Phi) is 4.06. The number of carbonyl (C=O) groups excluding carboxylic acids is 2. The molecule has 138 valence electrons. The molecule has 0 aromatic heterocycles. The molecule has 0 bridgehead atoms. The molecule has 1 saturated carbocycles. The van der Waals surface area contributed by atoms with Crippen molar-refractivity contribution in [2.75, 3.05) is 0 Å². The first kappa shape index (κ1) is 17.7. The fraction of sp³-hybridized carbons (Fsp3) is 0.273. The van der Waals surface area contributed by atoms with Crippen LogP contribution in [0, 0.1) is 0 Å². The van der Waals surface area contributed by atoms with E-state index in [1.54, 1.807) is 48.5 Å². The van der Waals surface area contributed by atoms with E-state index in [2.05, 4.69) is 0 Å². The van der Waals surface area contributed by atoms with E-state index in [1.807, 2.05) is 0 Å². The third-order valence-corrected chi connectivity index (χ3v) is 5.65. The van der Waals surface area contributed by atoms with Gasteiger partial charge in [0.05, 0.1) is 0 Å². The lowest BCUT2D eigenvalue weighted by Gasteiger charge is -2.44. The quantitative estimate of drug-likeness (QED) is 0.684. The van der Waals surface area contributed by atoms with Crippen molar-refractivity contribution in [2.24, 2.45) is 0 Å². The Morgan fingerprint density at radius 1 is 0.815 bits per heavy atom. The van der Waals surface area contributed by atoms with E-state index < -0.39 is 22.9 Å². The van der Waals surface area contributed by atoms with Gasteiger partial charge in [0.25, 0.3) is 0 Å². The van der Waals surface area contributed by atoms with Gasteiger partial charge in [0.2, 0.25) is 0 Å². The van der Waals surface area contributed by atoms with Crippen molar-refractivity contribution in [1.29, 1.82) is 0 Å². The van der Waals surface area contributed by atoms with Gasteiger partial charge in [0.1, 0.15) is 11.4 Å². The number of ketones is 2. The lowest BCUT2D eigenvalue weighted by molar-refractivity contribution is -0.120. The van der Waals surface area contributed by atoms with E-state index in [-0.39, 0.29) is 42.6 Å².